The lowest BCUT2D eigenvalue weighted by atomic mass is 10.2. The third kappa shape index (κ3) is 6.33. The summed E-state index contributed by atoms with van der Waals surface area (Å²) in [4.78, 5) is 20.5. The number of halogens is 4. The zero-order chi connectivity index (χ0) is 26.7. The van der Waals surface area contributed by atoms with Crippen molar-refractivity contribution < 1.29 is 27.1 Å². The molecule has 1 amide bonds. The number of rotatable bonds is 8. The molecule has 0 unspecified atom stereocenters. The Morgan fingerprint density at radius 1 is 1.08 bits per heavy atom. The van der Waals surface area contributed by atoms with Gasteiger partial charge in [0.05, 0.1) is 28.8 Å². The number of carbonyl (C=O) groups is 1. The highest BCUT2D eigenvalue weighted by atomic mass is 19.4. The van der Waals surface area contributed by atoms with Gasteiger partial charge in [0.15, 0.2) is 0 Å². The lowest BCUT2D eigenvalue weighted by Gasteiger charge is -2.11. The molecule has 0 atom stereocenters. The van der Waals surface area contributed by atoms with Crippen LogP contribution >= 0.6 is 0 Å². The molecule has 0 radical (unpaired) electrons. The topological polar surface area (TPSA) is 93.1 Å². The number of hydrogen-bond acceptors (Lipinski definition) is 6. The van der Waals surface area contributed by atoms with E-state index >= 15 is 0 Å². The molecule has 12 heteroatoms. The second-order valence-electron chi connectivity index (χ2n) is 8.52. The standard InChI is InChI=1S/C25H24F4N6O2/c1-14(2)31-13-23(36)34-22-12-17(8-9-30-22)37-16-5-7-21-20(11-16)33-24(35(21)3)32-19-10-15(25(27,28)29)4-6-18(19)26/h4-12,14,31H,13H2,1-3H3,(H,32,33)(H,30,34,36). The van der Waals surface area contributed by atoms with Crippen LogP contribution in [0.25, 0.3) is 11.0 Å². The van der Waals surface area contributed by atoms with E-state index in [0.29, 0.717) is 40.5 Å². The number of ether oxygens (including phenoxy) is 1. The molecule has 4 rings (SSSR count). The highest BCUT2D eigenvalue weighted by molar-refractivity contribution is 5.91. The molecule has 0 fully saturated rings. The first-order valence-corrected chi connectivity index (χ1v) is 11.3. The quantitative estimate of drug-likeness (QED) is 0.264. The van der Waals surface area contributed by atoms with Crippen LogP contribution in [0.15, 0.2) is 54.7 Å². The fourth-order valence-electron chi connectivity index (χ4n) is 3.44. The van der Waals surface area contributed by atoms with Gasteiger partial charge in [-0.3, -0.25) is 4.79 Å². The fourth-order valence-corrected chi connectivity index (χ4v) is 3.44. The Kier molecular flexibility index (Phi) is 7.30. The molecule has 0 bridgehead atoms. The first kappa shape index (κ1) is 25.9. The van der Waals surface area contributed by atoms with Gasteiger partial charge in [-0.15, -0.1) is 0 Å². The average molecular weight is 516 g/mol. The lowest BCUT2D eigenvalue weighted by molar-refractivity contribution is -0.137. The number of nitrogens with one attached hydrogen (secondary N) is 3. The summed E-state index contributed by atoms with van der Waals surface area (Å²) in [5, 5.41) is 8.34. The van der Waals surface area contributed by atoms with Gasteiger partial charge in [-0.1, -0.05) is 13.8 Å². The summed E-state index contributed by atoms with van der Waals surface area (Å²) in [6.07, 6.45) is -3.12. The summed E-state index contributed by atoms with van der Waals surface area (Å²) in [7, 11) is 1.65. The number of imidazole rings is 1. The van der Waals surface area contributed by atoms with Crippen molar-refractivity contribution >= 4 is 34.4 Å². The zero-order valence-corrected chi connectivity index (χ0v) is 20.2. The molecule has 2 heterocycles. The third-order valence-electron chi connectivity index (χ3n) is 5.30. The molecule has 0 saturated carbocycles. The van der Waals surface area contributed by atoms with Crippen LogP contribution < -0.4 is 20.7 Å². The maximum Gasteiger partial charge on any atom is 0.416 e. The molecule has 8 nitrogen and oxygen atoms in total. The van der Waals surface area contributed by atoms with Crippen molar-refractivity contribution in [1.82, 2.24) is 19.9 Å². The molecule has 0 spiro atoms. The van der Waals surface area contributed by atoms with E-state index in [0.717, 1.165) is 6.07 Å². The molecular formula is C25H24F4N6O2. The van der Waals surface area contributed by atoms with E-state index in [4.69, 9.17) is 4.74 Å². The van der Waals surface area contributed by atoms with Crippen LogP contribution in [0.4, 0.5) is 35.0 Å². The molecule has 2 aromatic carbocycles. The van der Waals surface area contributed by atoms with Gasteiger partial charge >= 0.3 is 6.18 Å². The van der Waals surface area contributed by atoms with E-state index in [1.807, 2.05) is 13.8 Å². The van der Waals surface area contributed by atoms with Gasteiger partial charge in [0.25, 0.3) is 0 Å². The van der Waals surface area contributed by atoms with E-state index < -0.39 is 17.6 Å². The van der Waals surface area contributed by atoms with Crippen LogP contribution in [0.5, 0.6) is 11.5 Å². The van der Waals surface area contributed by atoms with Gasteiger partial charge in [-0.25, -0.2) is 14.4 Å². The molecule has 4 aromatic rings. The van der Waals surface area contributed by atoms with E-state index in [2.05, 4.69) is 25.9 Å². The first-order valence-electron chi connectivity index (χ1n) is 11.3. The monoisotopic (exact) mass is 516 g/mol. The van der Waals surface area contributed by atoms with E-state index in [1.165, 1.54) is 6.20 Å². The Labute approximate surface area is 209 Å². The second kappa shape index (κ2) is 10.4. The van der Waals surface area contributed by atoms with Crippen LogP contribution in [0.3, 0.4) is 0 Å². The Hall–Kier alpha value is -4.19. The number of benzene rings is 2. The highest BCUT2D eigenvalue weighted by Gasteiger charge is 2.31. The molecule has 0 aliphatic heterocycles. The maximum atomic E-state index is 14.2. The maximum absolute atomic E-state index is 14.2. The number of fused-ring (bicyclic) bond motifs is 1. The van der Waals surface area contributed by atoms with Gasteiger partial charge in [0, 0.05) is 31.4 Å². The van der Waals surface area contributed by atoms with Gasteiger partial charge in [0.1, 0.15) is 23.1 Å². The highest BCUT2D eigenvalue weighted by Crippen LogP contribution is 2.33. The summed E-state index contributed by atoms with van der Waals surface area (Å²) >= 11 is 0. The molecule has 194 valence electrons. The van der Waals surface area contributed by atoms with Gasteiger partial charge < -0.3 is 25.3 Å². The SMILES string of the molecule is CC(C)NCC(=O)Nc1cc(Oc2ccc3c(c2)nc(Nc2cc(C(F)(F)F)ccc2F)n3C)ccn1. The summed E-state index contributed by atoms with van der Waals surface area (Å²) in [5.41, 5.74) is -0.214. The fraction of sp³-hybridized carbons (Fsp3) is 0.240. The molecule has 0 aliphatic rings. The number of anilines is 3. The van der Waals surface area contributed by atoms with Crippen molar-refractivity contribution in [3.05, 3.63) is 66.1 Å². The smallest absolute Gasteiger partial charge is 0.416 e. The van der Waals surface area contributed by atoms with Gasteiger partial charge in [-0.2, -0.15) is 13.2 Å². The first-order chi connectivity index (χ1) is 17.5. The van der Waals surface area contributed by atoms with Crippen LogP contribution in [-0.2, 0) is 18.0 Å². The van der Waals surface area contributed by atoms with Crippen molar-refractivity contribution in [1.29, 1.82) is 0 Å². The summed E-state index contributed by atoms with van der Waals surface area (Å²) in [5.74, 6) is 0.222. The number of amides is 1. The predicted molar refractivity (Wildman–Crippen MR) is 131 cm³/mol. The molecule has 37 heavy (non-hydrogen) atoms. The van der Waals surface area contributed by atoms with Gasteiger partial charge in [0.2, 0.25) is 11.9 Å². The Bertz CT molecular complexity index is 1430. The van der Waals surface area contributed by atoms with E-state index in [-0.39, 0.29) is 30.1 Å². The number of aryl methyl sites for hydroxylation is 1. The van der Waals surface area contributed by atoms with Crippen molar-refractivity contribution in [2.24, 2.45) is 7.05 Å². The third-order valence-corrected chi connectivity index (χ3v) is 5.30. The predicted octanol–water partition coefficient (Wildman–Crippen LogP) is 5.60. The summed E-state index contributed by atoms with van der Waals surface area (Å²) in [6, 6.07) is 10.5. The molecular weight excluding hydrogens is 492 g/mol. The minimum Gasteiger partial charge on any atom is -0.457 e. The number of hydrogen-bond donors (Lipinski definition) is 3. The van der Waals surface area contributed by atoms with Crippen molar-refractivity contribution in [3.63, 3.8) is 0 Å². The van der Waals surface area contributed by atoms with E-state index in [9.17, 15) is 22.4 Å². The average Bonchev–Trinajstić information content (AvgIpc) is 3.13. The summed E-state index contributed by atoms with van der Waals surface area (Å²) in [6.45, 7) is 4.00. The number of pyridine rings is 1. The van der Waals surface area contributed by atoms with Gasteiger partial charge in [-0.05, 0) is 36.4 Å². The normalized spacial score (nSPS) is 11.7. The molecule has 0 aliphatic carbocycles. The number of aromatic nitrogens is 3. The van der Waals surface area contributed by atoms with E-state index in [1.54, 1.807) is 41.9 Å². The van der Waals surface area contributed by atoms with Crippen LogP contribution in [0.1, 0.15) is 19.4 Å². The van der Waals surface area contributed by atoms with Crippen LogP contribution in [0.2, 0.25) is 0 Å². The Morgan fingerprint density at radius 3 is 2.57 bits per heavy atom. The Balaban J connectivity index is 1.52. The van der Waals surface area contributed by atoms with Crippen LogP contribution in [0, 0.1) is 5.82 Å². The van der Waals surface area contributed by atoms with Crippen molar-refractivity contribution in [2.75, 3.05) is 17.2 Å². The molecule has 2 aromatic heterocycles. The number of carbonyl (C=O) groups excluding carboxylic acids is 1. The largest absolute Gasteiger partial charge is 0.457 e. The second-order valence-corrected chi connectivity index (χ2v) is 8.52. The lowest BCUT2D eigenvalue weighted by Crippen LogP contribution is -2.32. The molecule has 3 N–H and O–H groups in total. The summed E-state index contributed by atoms with van der Waals surface area (Å²) < 4.78 is 60.8. The van der Waals surface area contributed by atoms with Crippen molar-refractivity contribution in [3.8, 4) is 11.5 Å². The van der Waals surface area contributed by atoms with Crippen LogP contribution in [-0.4, -0.2) is 33.0 Å². The Morgan fingerprint density at radius 2 is 1.84 bits per heavy atom. The number of alkyl halides is 3. The van der Waals surface area contributed by atoms with Crippen molar-refractivity contribution in [2.45, 2.75) is 26.1 Å². The molecule has 0 saturated heterocycles. The zero-order valence-electron chi connectivity index (χ0n) is 20.2. The minimum absolute atomic E-state index is 0.140. The minimum atomic E-state index is -4.61. The number of nitrogens with zero attached hydrogens (tertiary/aromatic N) is 3.